The molecule has 2 aromatic rings. The predicted octanol–water partition coefficient (Wildman–Crippen LogP) is 2.04. The lowest BCUT2D eigenvalue weighted by molar-refractivity contribution is 0.341. The summed E-state index contributed by atoms with van der Waals surface area (Å²) in [5, 5.41) is 0. The van der Waals surface area contributed by atoms with E-state index >= 15 is 0 Å². The summed E-state index contributed by atoms with van der Waals surface area (Å²) in [6, 6.07) is 9.68. The molecule has 0 atom stereocenters. The molecule has 0 aliphatic heterocycles. The van der Waals surface area contributed by atoms with Gasteiger partial charge in [0.2, 0.25) is 0 Å². The van der Waals surface area contributed by atoms with Crippen molar-refractivity contribution in [2.75, 3.05) is 13.2 Å². The highest BCUT2D eigenvalue weighted by molar-refractivity contribution is 5.63. The van der Waals surface area contributed by atoms with Crippen LogP contribution in [0.5, 0.6) is 5.75 Å². The van der Waals surface area contributed by atoms with Crippen LogP contribution >= 0.6 is 0 Å². The molecule has 2 rings (SSSR count). The summed E-state index contributed by atoms with van der Waals surface area (Å²) in [5.41, 5.74) is 7.41. The van der Waals surface area contributed by atoms with E-state index in [1.54, 1.807) is 6.20 Å². The first-order chi connectivity index (χ1) is 8.85. The average Bonchev–Trinajstić information content (AvgIpc) is 2.40. The molecule has 0 saturated heterocycles. The molecule has 0 fully saturated rings. The van der Waals surface area contributed by atoms with E-state index in [1.165, 1.54) is 0 Å². The topological polar surface area (TPSA) is 61.0 Å². The maximum absolute atomic E-state index is 5.59. The molecule has 1 aromatic heterocycles. The summed E-state index contributed by atoms with van der Waals surface area (Å²) in [4.78, 5) is 8.81. The number of para-hydroxylation sites is 1. The lowest BCUT2D eigenvalue weighted by Gasteiger charge is -2.09. The van der Waals surface area contributed by atoms with Gasteiger partial charge in [0.25, 0.3) is 0 Å². The van der Waals surface area contributed by atoms with Crippen molar-refractivity contribution >= 4 is 0 Å². The first kappa shape index (κ1) is 12.5. The van der Waals surface area contributed by atoms with Crippen LogP contribution in [0.3, 0.4) is 0 Å². The Morgan fingerprint density at radius 1 is 1.22 bits per heavy atom. The van der Waals surface area contributed by atoms with Gasteiger partial charge in [-0.2, -0.15) is 0 Å². The van der Waals surface area contributed by atoms with Gasteiger partial charge in [-0.15, -0.1) is 0 Å². The molecule has 0 aliphatic rings. The van der Waals surface area contributed by atoms with Crippen molar-refractivity contribution in [2.24, 2.45) is 5.73 Å². The Labute approximate surface area is 107 Å². The highest BCUT2D eigenvalue weighted by Gasteiger charge is 2.08. The summed E-state index contributed by atoms with van der Waals surface area (Å²) in [6.07, 6.45) is 2.52. The third kappa shape index (κ3) is 2.84. The van der Waals surface area contributed by atoms with Crippen LogP contribution in [0.2, 0.25) is 0 Å². The monoisotopic (exact) mass is 243 g/mol. The first-order valence-electron chi connectivity index (χ1n) is 6.09. The number of rotatable bonds is 5. The molecule has 0 aliphatic carbocycles. The number of benzene rings is 1. The number of nitrogens with zero attached hydrogens (tertiary/aromatic N) is 2. The van der Waals surface area contributed by atoms with Crippen molar-refractivity contribution in [1.82, 2.24) is 9.97 Å². The molecule has 1 aromatic carbocycles. The van der Waals surface area contributed by atoms with Gasteiger partial charge in [-0.3, -0.25) is 0 Å². The van der Waals surface area contributed by atoms with E-state index in [9.17, 15) is 0 Å². The van der Waals surface area contributed by atoms with E-state index in [0.717, 1.165) is 23.4 Å². The van der Waals surface area contributed by atoms with Gasteiger partial charge < -0.3 is 10.5 Å². The molecular formula is C14H17N3O. The van der Waals surface area contributed by atoms with Gasteiger partial charge in [-0.05, 0) is 31.7 Å². The Bertz CT molecular complexity index is 514. The van der Waals surface area contributed by atoms with E-state index in [1.807, 2.05) is 37.3 Å². The lowest BCUT2D eigenvalue weighted by atomic mass is 10.2. The molecule has 0 saturated carbocycles. The van der Waals surface area contributed by atoms with Crippen molar-refractivity contribution in [2.45, 2.75) is 13.3 Å². The van der Waals surface area contributed by atoms with Gasteiger partial charge in [-0.1, -0.05) is 12.1 Å². The minimum atomic E-state index is 0.587. The molecule has 0 spiro atoms. The van der Waals surface area contributed by atoms with Crippen molar-refractivity contribution in [3.05, 3.63) is 42.2 Å². The van der Waals surface area contributed by atoms with Crippen LogP contribution in [0.15, 0.2) is 36.5 Å². The van der Waals surface area contributed by atoms with Crippen molar-refractivity contribution in [3.8, 4) is 17.1 Å². The predicted molar refractivity (Wildman–Crippen MR) is 71.4 cm³/mol. The maximum Gasteiger partial charge on any atom is 0.163 e. The number of hydrogen-bond donors (Lipinski definition) is 1. The minimum Gasteiger partial charge on any atom is -0.493 e. The van der Waals surface area contributed by atoms with Gasteiger partial charge in [0, 0.05) is 18.3 Å². The van der Waals surface area contributed by atoms with Crippen LogP contribution < -0.4 is 10.5 Å². The number of ether oxygens (including phenoxy) is 1. The van der Waals surface area contributed by atoms with Gasteiger partial charge >= 0.3 is 0 Å². The van der Waals surface area contributed by atoms with Crippen molar-refractivity contribution in [1.29, 1.82) is 0 Å². The second-order valence-corrected chi connectivity index (χ2v) is 3.84. The van der Waals surface area contributed by atoms with Crippen LogP contribution in [0.1, 0.15) is 12.6 Å². The quantitative estimate of drug-likeness (QED) is 0.873. The average molecular weight is 243 g/mol. The van der Waals surface area contributed by atoms with Crippen molar-refractivity contribution < 1.29 is 4.74 Å². The van der Waals surface area contributed by atoms with Gasteiger partial charge in [-0.25, -0.2) is 9.97 Å². The molecule has 4 heteroatoms. The largest absolute Gasteiger partial charge is 0.493 e. The van der Waals surface area contributed by atoms with Gasteiger partial charge in [0.15, 0.2) is 5.82 Å². The number of nitrogens with two attached hydrogens (primary N) is 1. The summed E-state index contributed by atoms with van der Waals surface area (Å²) in [7, 11) is 0. The standard InChI is InChI=1S/C14H17N3O/c1-2-18-13-6-4-3-5-12(13)14-16-10-8-11(17-14)7-9-15/h3-6,8,10H,2,7,9,15H2,1H3. The Hall–Kier alpha value is -1.94. The van der Waals surface area contributed by atoms with Crippen LogP contribution in [-0.2, 0) is 6.42 Å². The molecule has 2 N–H and O–H groups in total. The summed E-state index contributed by atoms with van der Waals surface area (Å²) >= 11 is 0. The van der Waals surface area contributed by atoms with E-state index < -0.39 is 0 Å². The van der Waals surface area contributed by atoms with Crippen LogP contribution in [0.4, 0.5) is 0 Å². The van der Waals surface area contributed by atoms with E-state index in [2.05, 4.69) is 9.97 Å². The zero-order valence-corrected chi connectivity index (χ0v) is 10.5. The smallest absolute Gasteiger partial charge is 0.163 e. The molecule has 0 amide bonds. The van der Waals surface area contributed by atoms with E-state index in [4.69, 9.17) is 10.5 Å². The fraction of sp³-hybridized carbons (Fsp3) is 0.286. The van der Waals surface area contributed by atoms with Crippen LogP contribution in [0, 0.1) is 0 Å². The molecule has 0 bridgehead atoms. The van der Waals surface area contributed by atoms with Gasteiger partial charge in [0.05, 0.1) is 12.2 Å². The Morgan fingerprint density at radius 3 is 2.83 bits per heavy atom. The molecular weight excluding hydrogens is 226 g/mol. The van der Waals surface area contributed by atoms with Crippen LogP contribution in [0.25, 0.3) is 11.4 Å². The highest BCUT2D eigenvalue weighted by Crippen LogP contribution is 2.26. The minimum absolute atomic E-state index is 0.587. The van der Waals surface area contributed by atoms with Gasteiger partial charge in [0.1, 0.15) is 5.75 Å². The second-order valence-electron chi connectivity index (χ2n) is 3.84. The summed E-state index contributed by atoms with van der Waals surface area (Å²) < 4.78 is 5.59. The van der Waals surface area contributed by atoms with Crippen LogP contribution in [-0.4, -0.2) is 23.1 Å². The molecule has 0 radical (unpaired) electrons. The fourth-order valence-corrected chi connectivity index (χ4v) is 1.75. The number of aromatic nitrogens is 2. The normalized spacial score (nSPS) is 10.3. The SMILES string of the molecule is CCOc1ccccc1-c1nccc(CCN)n1. The lowest BCUT2D eigenvalue weighted by Crippen LogP contribution is -2.05. The van der Waals surface area contributed by atoms with Crippen molar-refractivity contribution in [3.63, 3.8) is 0 Å². The fourth-order valence-electron chi connectivity index (χ4n) is 1.75. The van der Waals surface area contributed by atoms with E-state index in [-0.39, 0.29) is 0 Å². The molecule has 18 heavy (non-hydrogen) atoms. The molecule has 0 unspecified atom stereocenters. The molecule has 4 nitrogen and oxygen atoms in total. The zero-order valence-electron chi connectivity index (χ0n) is 10.5. The highest BCUT2D eigenvalue weighted by atomic mass is 16.5. The Morgan fingerprint density at radius 2 is 2.06 bits per heavy atom. The zero-order chi connectivity index (χ0) is 12.8. The Kier molecular flexibility index (Phi) is 4.25. The van der Waals surface area contributed by atoms with E-state index in [0.29, 0.717) is 19.0 Å². The Balaban J connectivity index is 2.38. The summed E-state index contributed by atoms with van der Waals surface area (Å²) in [5.74, 6) is 1.50. The third-order valence-corrected chi connectivity index (χ3v) is 2.54. The first-order valence-corrected chi connectivity index (χ1v) is 6.09. The molecule has 1 heterocycles. The maximum atomic E-state index is 5.59. The number of hydrogen-bond acceptors (Lipinski definition) is 4. The summed E-state index contributed by atoms with van der Waals surface area (Å²) in [6.45, 7) is 3.17. The molecule has 94 valence electrons. The second kappa shape index (κ2) is 6.12. The third-order valence-electron chi connectivity index (χ3n) is 2.54.